The predicted molar refractivity (Wildman–Crippen MR) is 79.9 cm³/mol. The summed E-state index contributed by atoms with van der Waals surface area (Å²) in [4.78, 5) is 16.6. The molecule has 1 unspecified atom stereocenters. The highest BCUT2D eigenvalue weighted by molar-refractivity contribution is 5.94. The molecule has 2 rings (SSSR count). The van der Waals surface area contributed by atoms with E-state index >= 15 is 0 Å². The zero-order chi connectivity index (χ0) is 14.4. The lowest BCUT2D eigenvalue weighted by Crippen LogP contribution is -2.41. The molecule has 110 valence electrons. The molecule has 20 heavy (non-hydrogen) atoms. The molecule has 1 aliphatic heterocycles. The number of carbonyl (C=O) groups excluding carboxylic acids is 1. The van der Waals surface area contributed by atoms with Gasteiger partial charge in [-0.15, -0.1) is 0 Å². The molecular formula is C16H24N2O2. The van der Waals surface area contributed by atoms with E-state index < -0.39 is 0 Å². The van der Waals surface area contributed by atoms with Crippen LogP contribution in [0.25, 0.3) is 0 Å². The molecule has 1 heterocycles. The van der Waals surface area contributed by atoms with Crippen LogP contribution in [0.5, 0.6) is 0 Å². The van der Waals surface area contributed by atoms with Gasteiger partial charge in [-0.3, -0.25) is 4.79 Å². The fourth-order valence-corrected chi connectivity index (χ4v) is 2.39. The molecule has 1 fully saturated rings. The lowest BCUT2D eigenvalue weighted by Gasteiger charge is -2.27. The minimum atomic E-state index is 0.1000. The van der Waals surface area contributed by atoms with E-state index in [1.165, 1.54) is 0 Å². The molecule has 0 N–H and O–H groups in total. The first-order chi connectivity index (χ1) is 9.66. The van der Waals surface area contributed by atoms with Gasteiger partial charge in [0, 0.05) is 31.8 Å². The van der Waals surface area contributed by atoms with Crippen LogP contribution in [-0.2, 0) is 4.74 Å². The Labute approximate surface area is 121 Å². The van der Waals surface area contributed by atoms with Crippen LogP contribution < -0.4 is 0 Å². The summed E-state index contributed by atoms with van der Waals surface area (Å²) in [7, 11) is 4.05. The fraction of sp³-hybridized carbons (Fsp3) is 0.562. The van der Waals surface area contributed by atoms with Gasteiger partial charge in [-0.2, -0.15) is 0 Å². The zero-order valence-corrected chi connectivity index (χ0v) is 12.4. The molecule has 1 amide bonds. The molecule has 4 heteroatoms. The molecule has 1 saturated heterocycles. The highest BCUT2D eigenvalue weighted by atomic mass is 16.5. The summed E-state index contributed by atoms with van der Waals surface area (Å²) >= 11 is 0. The maximum absolute atomic E-state index is 12.6. The van der Waals surface area contributed by atoms with Gasteiger partial charge in [-0.25, -0.2) is 0 Å². The number of amides is 1. The lowest BCUT2D eigenvalue weighted by atomic mass is 10.1. The Morgan fingerprint density at radius 3 is 2.60 bits per heavy atom. The Morgan fingerprint density at radius 1 is 1.25 bits per heavy atom. The number of hydrogen-bond donors (Lipinski definition) is 0. The van der Waals surface area contributed by atoms with Gasteiger partial charge in [0.1, 0.15) is 0 Å². The van der Waals surface area contributed by atoms with Crippen LogP contribution in [0.4, 0.5) is 0 Å². The largest absolute Gasteiger partial charge is 0.376 e. The number of benzene rings is 1. The summed E-state index contributed by atoms with van der Waals surface area (Å²) in [6.07, 6.45) is 2.36. The van der Waals surface area contributed by atoms with Crippen LogP contribution in [0.3, 0.4) is 0 Å². The third-order valence-corrected chi connectivity index (χ3v) is 3.57. The van der Waals surface area contributed by atoms with Crippen molar-refractivity contribution >= 4 is 5.91 Å². The van der Waals surface area contributed by atoms with Gasteiger partial charge in [0.25, 0.3) is 5.91 Å². The van der Waals surface area contributed by atoms with Crippen molar-refractivity contribution in [2.45, 2.75) is 18.9 Å². The molecular weight excluding hydrogens is 252 g/mol. The summed E-state index contributed by atoms with van der Waals surface area (Å²) in [5, 5.41) is 0. The molecule has 0 spiro atoms. The van der Waals surface area contributed by atoms with Gasteiger partial charge < -0.3 is 14.5 Å². The number of carbonyl (C=O) groups is 1. The van der Waals surface area contributed by atoms with Gasteiger partial charge in [-0.1, -0.05) is 18.2 Å². The maximum atomic E-state index is 12.6. The van der Waals surface area contributed by atoms with Crippen molar-refractivity contribution in [2.24, 2.45) is 0 Å². The Balaban J connectivity index is 2.02. The third kappa shape index (κ3) is 4.32. The second-order valence-corrected chi connectivity index (χ2v) is 5.56. The summed E-state index contributed by atoms with van der Waals surface area (Å²) in [6.45, 7) is 3.12. The van der Waals surface area contributed by atoms with E-state index in [4.69, 9.17) is 4.74 Å². The van der Waals surface area contributed by atoms with Crippen molar-refractivity contribution in [1.29, 1.82) is 0 Å². The van der Waals surface area contributed by atoms with Gasteiger partial charge in [0.2, 0.25) is 0 Å². The minimum Gasteiger partial charge on any atom is -0.376 e. The fourth-order valence-electron chi connectivity index (χ4n) is 2.39. The molecule has 0 aliphatic carbocycles. The van der Waals surface area contributed by atoms with Crippen molar-refractivity contribution in [1.82, 2.24) is 9.80 Å². The van der Waals surface area contributed by atoms with E-state index in [0.29, 0.717) is 6.54 Å². The first-order valence-corrected chi connectivity index (χ1v) is 7.27. The van der Waals surface area contributed by atoms with E-state index in [9.17, 15) is 4.79 Å². The maximum Gasteiger partial charge on any atom is 0.253 e. The molecule has 0 bridgehead atoms. The van der Waals surface area contributed by atoms with Crippen molar-refractivity contribution in [2.75, 3.05) is 40.3 Å². The van der Waals surface area contributed by atoms with Gasteiger partial charge in [0.05, 0.1) is 6.10 Å². The minimum absolute atomic E-state index is 0.1000. The normalized spacial score (nSPS) is 18.4. The summed E-state index contributed by atoms with van der Waals surface area (Å²) in [6, 6.07) is 9.49. The van der Waals surface area contributed by atoms with Crippen LogP contribution in [0.15, 0.2) is 30.3 Å². The Hall–Kier alpha value is -1.39. The number of ether oxygens (including phenoxy) is 1. The van der Waals surface area contributed by atoms with Crippen LogP contribution in [0.2, 0.25) is 0 Å². The topological polar surface area (TPSA) is 32.8 Å². The number of hydrogen-bond acceptors (Lipinski definition) is 3. The molecule has 1 aromatic carbocycles. The number of rotatable bonds is 6. The molecule has 0 aromatic heterocycles. The molecule has 0 saturated carbocycles. The zero-order valence-electron chi connectivity index (χ0n) is 12.4. The van der Waals surface area contributed by atoms with Gasteiger partial charge >= 0.3 is 0 Å². The van der Waals surface area contributed by atoms with Gasteiger partial charge in [-0.05, 0) is 39.1 Å². The molecule has 1 aliphatic rings. The number of likely N-dealkylation sites (N-methyl/N-ethyl adjacent to an activating group) is 1. The van der Waals surface area contributed by atoms with E-state index in [-0.39, 0.29) is 12.0 Å². The average molecular weight is 276 g/mol. The summed E-state index contributed by atoms with van der Waals surface area (Å²) < 4.78 is 5.67. The van der Waals surface area contributed by atoms with E-state index in [0.717, 1.165) is 38.1 Å². The van der Waals surface area contributed by atoms with Crippen molar-refractivity contribution in [3.05, 3.63) is 35.9 Å². The summed E-state index contributed by atoms with van der Waals surface area (Å²) in [5.74, 6) is 0.1000. The molecule has 1 atom stereocenters. The Bertz CT molecular complexity index is 414. The van der Waals surface area contributed by atoms with Crippen molar-refractivity contribution < 1.29 is 9.53 Å². The van der Waals surface area contributed by atoms with E-state index in [1.807, 2.05) is 49.3 Å². The average Bonchev–Trinajstić information content (AvgIpc) is 2.96. The van der Waals surface area contributed by atoms with Crippen LogP contribution in [0, 0.1) is 0 Å². The summed E-state index contributed by atoms with van der Waals surface area (Å²) in [5.41, 5.74) is 0.754. The predicted octanol–water partition coefficient (Wildman–Crippen LogP) is 1.87. The van der Waals surface area contributed by atoms with E-state index in [1.54, 1.807) is 0 Å². The first kappa shape index (κ1) is 15.0. The molecule has 4 nitrogen and oxygen atoms in total. The number of nitrogens with zero attached hydrogens (tertiary/aromatic N) is 2. The highest BCUT2D eigenvalue weighted by Gasteiger charge is 2.23. The second kappa shape index (κ2) is 7.41. The quantitative estimate of drug-likeness (QED) is 0.795. The first-order valence-electron chi connectivity index (χ1n) is 7.27. The third-order valence-electron chi connectivity index (χ3n) is 3.57. The highest BCUT2D eigenvalue weighted by Crippen LogP contribution is 2.15. The van der Waals surface area contributed by atoms with E-state index in [2.05, 4.69) is 4.90 Å². The SMILES string of the molecule is CN(C)CCN(CC1CCCO1)C(=O)c1ccccc1. The molecule has 0 radical (unpaired) electrons. The Morgan fingerprint density at radius 2 is 2.00 bits per heavy atom. The second-order valence-electron chi connectivity index (χ2n) is 5.56. The smallest absolute Gasteiger partial charge is 0.253 e. The monoisotopic (exact) mass is 276 g/mol. The standard InChI is InChI=1S/C16H24N2O2/c1-17(2)10-11-18(13-15-9-6-12-20-15)16(19)14-7-4-3-5-8-14/h3-5,7-8,15H,6,9-13H2,1-2H3. The van der Waals surface area contributed by atoms with Crippen LogP contribution in [0.1, 0.15) is 23.2 Å². The van der Waals surface area contributed by atoms with Crippen LogP contribution in [-0.4, -0.2) is 62.1 Å². The van der Waals surface area contributed by atoms with Crippen LogP contribution >= 0.6 is 0 Å². The van der Waals surface area contributed by atoms with Gasteiger partial charge in [0.15, 0.2) is 0 Å². The Kier molecular flexibility index (Phi) is 5.56. The van der Waals surface area contributed by atoms with Crippen molar-refractivity contribution in [3.8, 4) is 0 Å². The molecule has 1 aromatic rings. The lowest BCUT2D eigenvalue weighted by molar-refractivity contribution is 0.0512. The van der Waals surface area contributed by atoms with Crippen molar-refractivity contribution in [3.63, 3.8) is 0 Å².